The average Bonchev–Trinajstić information content (AvgIpc) is 4.07. The SMILES string of the molecule is c1ccc(-c2nc(-c3ccccc3)nc(-c3cccc(-c4cc(C5c6ccccc6-c6ncccc65)nc(-n5c6ccccc6c6ncccc65)c4-n4c5ccccc5c5ccccc54)c3)n2)cc1. The van der Waals surface area contributed by atoms with Crippen molar-refractivity contribution >= 4 is 43.7 Å². The van der Waals surface area contributed by atoms with Crippen LogP contribution in [0.4, 0.5) is 0 Å². The zero-order chi connectivity index (χ0) is 45.4. The zero-order valence-corrected chi connectivity index (χ0v) is 37.0. The van der Waals surface area contributed by atoms with Crippen LogP contribution in [0.15, 0.2) is 225 Å². The van der Waals surface area contributed by atoms with E-state index < -0.39 is 0 Å². The van der Waals surface area contributed by atoms with Crippen LogP contribution in [0.25, 0.3) is 112 Å². The molecule has 0 saturated carbocycles. The maximum Gasteiger partial charge on any atom is 0.164 e. The molecule has 8 nitrogen and oxygen atoms in total. The second-order valence-corrected chi connectivity index (χ2v) is 17.4. The molecule has 7 aromatic carbocycles. The van der Waals surface area contributed by atoms with Gasteiger partial charge in [0.1, 0.15) is 0 Å². The molecule has 0 saturated heterocycles. The van der Waals surface area contributed by atoms with Crippen molar-refractivity contribution < 1.29 is 0 Å². The van der Waals surface area contributed by atoms with Crippen molar-refractivity contribution in [1.29, 1.82) is 0 Å². The highest BCUT2D eigenvalue weighted by Crippen LogP contribution is 2.49. The molecule has 6 aromatic heterocycles. The van der Waals surface area contributed by atoms with E-state index in [0.29, 0.717) is 17.5 Å². The predicted octanol–water partition coefficient (Wildman–Crippen LogP) is 14.1. The Balaban J connectivity index is 1.12. The molecule has 0 amide bonds. The average molecular weight is 883 g/mol. The van der Waals surface area contributed by atoms with E-state index in [2.05, 4.69) is 149 Å². The summed E-state index contributed by atoms with van der Waals surface area (Å²) in [5.41, 5.74) is 15.9. The van der Waals surface area contributed by atoms with Gasteiger partial charge in [-0.25, -0.2) is 19.9 Å². The zero-order valence-electron chi connectivity index (χ0n) is 37.0. The lowest BCUT2D eigenvalue weighted by Gasteiger charge is -2.23. The normalized spacial score (nSPS) is 13.1. The Bertz CT molecular complexity index is 3950. The first-order valence-electron chi connectivity index (χ1n) is 23.2. The number of rotatable bonds is 7. The minimum absolute atomic E-state index is 0.200. The van der Waals surface area contributed by atoms with Crippen molar-refractivity contribution in [3.8, 4) is 68.1 Å². The van der Waals surface area contributed by atoms with Gasteiger partial charge in [0.25, 0.3) is 0 Å². The molecule has 0 aliphatic heterocycles. The number of hydrogen-bond donors (Lipinski definition) is 0. The number of hydrogen-bond acceptors (Lipinski definition) is 6. The van der Waals surface area contributed by atoms with Crippen LogP contribution in [0.5, 0.6) is 0 Å². The van der Waals surface area contributed by atoms with E-state index in [9.17, 15) is 0 Å². The van der Waals surface area contributed by atoms with Crippen LogP contribution in [-0.4, -0.2) is 39.0 Å². The van der Waals surface area contributed by atoms with Crippen LogP contribution in [0.3, 0.4) is 0 Å². The second-order valence-electron chi connectivity index (χ2n) is 17.4. The monoisotopic (exact) mass is 882 g/mol. The van der Waals surface area contributed by atoms with Gasteiger partial charge in [-0.3, -0.25) is 14.5 Å². The molecule has 0 bridgehead atoms. The summed E-state index contributed by atoms with van der Waals surface area (Å²) in [6.45, 7) is 0. The summed E-state index contributed by atoms with van der Waals surface area (Å²) in [4.78, 5) is 31.4. The van der Waals surface area contributed by atoms with Crippen molar-refractivity contribution in [2.24, 2.45) is 0 Å². The standard InChI is InChI=1S/C61H38N8/c1-3-18-38(19-4-1)58-65-59(39-20-5-2-6-21-39)67-60(66-58)41-23-15-22-40(36-41)48-37-49(54-44-26-7-8-27-45(44)55-47(54)29-16-34-62-55)64-61(69-52-32-14-11-28-46(52)56-53(69)33-17-35-63-56)57(48)68-50-30-12-9-24-42(50)43-25-10-13-31-51(43)68/h1-37,54H. The molecule has 14 rings (SSSR count). The largest absolute Gasteiger partial charge is 0.305 e. The van der Waals surface area contributed by atoms with Crippen LogP contribution in [0, 0.1) is 0 Å². The third-order valence-electron chi connectivity index (χ3n) is 13.5. The predicted molar refractivity (Wildman–Crippen MR) is 276 cm³/mol. The van der Waals surface area contributed by atoms with E-state index in [0.717, 1.165) is 106 Å². The molecule has 6 heterocycles. The smallest absolute Gasteiger partial charge is 0.164 e. The number of para-hydroxylation sites is 3. The summed E-state index contributed by atoms with van der Waals surface area (Å²) in [7, 11) is 0. The first kappa shape index (κ1) is 38.8. The number of pyridine rings is 3. The Morgan fingerprint density at radius 1 is 0.348 bits per heavy atom. The second kappa shape index (κ2) is 15.6. The fourth-order valence-corrected chi connectivity index (χ4v) is 10.6. The molecule has 0 N–H and O–H groups in total. The van der Waals surface area contributed by atoms with E-state index in [4.69, 9.17) is 29.9 Å². The molecule has 0 fully saturated rings. The summed E-state index contributed by atoms with van der Waals surface area (Å²) < 4.78 is 4.74. The Morgan fingerprint density at radius 3 is 1.58 bits per heavy atom. The first-order valence-corrected chi connectivity index (χ1v) is 23.2. The molecule has 13 aromatic rings. The van der Waals surface area contributed by atoms with Crippen LogP contribution >= 0.6 is 0 Å². The first-order chi connectivity index (χ1) is 34.2. The molecule has 1 aliphatic rings. The Labute approximate surface area is 396 Å². The number of nitrogens with zero attached hydrogens (tertiary/aromatic N) is 8. The highest BCUT2D eigenvalue weighted by Gasteiger charge is 2.34. The van der Waals surface area contributed by atoms with Gasteiger partial charge in [-0.2, -0.15) is 0 Å². The van der Waals surface area contributed by atoms with Crippen LogP contribution in [-0.2, 0) is 0 Å². The number of aromatic nitrogens is 8. The molecule has 0 spiro atoms. The third kappa shape index (κ3) is 6.16. The van der Waals surface area contributed by atoms with Gasteiger partial charge >= 0.3 is 0 Å². The van der Waals surface area contributed by atoms with Crippen molar-refractivity contribution in [2.75, 3.05) is 0 Å². The van der Waals surface area contributed by atoms with Gasteiger partial charge in [0.2, 0.25) is 0 Å². The maximum absolute atomic E-state index is 5.98. The van der Waals surface area contributed by atoms with E-state index in [-0.39, 0.29) is 5.92 Å². The fraction of sp³-hybridized carbons (Fsp3) is 0.0164. The van der Waals surface area contributed by atoms with Gasteiger partial charge in [-0.1, -0.05) is 164 Å². The van der Waals surface area contributed by atoms with E-state index in [1.165, 1.54) is 5.56 Å². The van der Waals surface area contributed by atoms with Gasteiger partial charge < -0.3 is 4.57 Å². The molecule has 1 unspecified atom stereocenters. The lowest BCUT2D eigenvalue weighted by atomic mass is 9.90. The van der Waals surface area contributed by atoms with Crippen LogP contribution in [0.1, 0.15) is 22.7 Å². The Morgan fingerprint density at radius 2 is 0.870 bits per heavy atom. The van der Waals surface area contributed by atoms with E-state index in [1.54, 1.807) is 0 Å². The third-order valence-corrected chi connectivity index (χ3v) is 13.5. The molecule has 322 valence electrons. The van der Waals surface area contributed by atoms with Crippen molar-refractivity contribution in [2.45, 2.75) is 5.92 Å². The molecular weight excluding hydrogens is 845 g/mol. The van der Waals surface area contributed by atoms with Crippen LogP contribution < -0.4 is 0 Å². The topological polar surface area (TPSA) is 87.2 Å². The van der Waals surface area contributed by atoms with Gasteiger partial charge in [0, 0.05) is 56.4 Å². The molecule has 8 heteroatoms. The highest BCUT2D eigenvalue weighted by atomic mass is 15.1. The van der Waals surface area contributed by atoms with Gasteiger partial charge in [-0.15, -0.1) is 0 Å². The number of benzene rings is 7. The quantitative estimate of drug-likeness (QED) is 0.158. The van der Waals surface area contributed by atoms with E-state index in [1.807, 2.05) is 85.2 Å². The summed E-state index contributed by atoms with van der Waals surface area (Å²) in [5.74, 6) is 2.38. The van der Waals surface area contributed by atoms with Crippen LogP contribution in [0.2, 0.25) is 0 Å². The van der Waals surface area contributed by atoms with Gasteiger partial charge in [0.15, 0.2) is 23.3 Å². The lowest BCUT2D eigenvalue weighted by Crippen LogP contribution is -2.12. The minimum Gasteiger partial charge on any atom is -0.305 e. The fourth-order valence-electron chi connectivity index (χ4n) is 10.6. The maximum atomic E-state index is 5.98. The molecule has 69 heavy (non-hydrogen) atoms. The van der Waals surface area contributed by atoms with Crippen molar-refractivity contribution in [1.82, 2.24) is 39.0 Å². The van der Waals surface area contributed by atoms with Crippen molar-refractivity contribution in [3.05, 3.63) is 242 Å². The minimum atomic E-state index is -0.200. The van der Waals surface area contributed by atoms with Gasteiger partial charge in [-0.05, 0) is 65.2 Å². The Kier molecular flexibility index (Phi) is 8.78. The summed E-state index contributed by atoms with van der Waals surface area (Å²) >= 11 is 0. The molecule has 0 radical (unpaired) electrons. The Hall–Kier alpha value is -9.40. The summed E-state index contributed by atoms with van der Waals surface area (Å²) in [6, 6.07) is 74.1. The van der Waals surface area contributed by atoms with Crippen molar-refractivity contribution in [3.63, 3.8) is 0 Å². The summed E-state index contributed by atoms with van der Waals surface area (Å²) in [5, 5.41) is 3.36. The molecule has 1 atom stereocenters. The lowest BCUT2D eigenvalue weighted by molar-refractivity contribution is 0.909. The molecular formula is C61H38N8. The van der Waals surface area contributed by atoms with E-state index >= 15 is 0 Å². The highest BCUT2D eigenvalue weighted by molar-refractivity contribution is 6.11. The number of fused-ring (bicyclic) bond motifs is 9. The summed E-state index contributed by atoms with van der Waals surface area (Å²) in [6.07, 6.45) is 3.76. The van der Waals surface area contributed by atoms with Gasteiger partial charge in [0.05, 0.1) is 50.6 Å². The molecule has 1 aliphatic carbocycles.